The molecule has 0 saturated carbocycles. The Labute approximate surface area is 157 Å². The van der Waals surface area contributed by atoms with Crippen LogP contribution in [0.5, 0.6) is 11.5 Å². The minimum Gasteiger partial charge on any atom is -0.486 e. The Hall–Kier alpha value is -2.12. The van der Waals surface area contributed by atoms with E-state index in [0.29, 0.717) is 35.3 Å². The number of likely N-dealkylation sites (tertiary alicyclic amines) is 1. The molecule has 1 amide bonds. The molecule has 0 radical (unpaired) electrons. The number of thiazole rings is 1. The standard InChI is InChI=1S/C19H23N3O3S/c1-13-18(26-17(20-13)6-9-22-7-2-3-8-22)19(23)21-14-4-5-15-16(12-14)25-11-10-24-15/h4-5,12H,2-3,6-11H2,1H3,(H,21,23). The van der Waals surface area contributed by atoms with Crippen molar-refractivity contribution in [2.75, 3.05) is 38.2 Å². The molecular weight excluding hydrogens is 350 g/mol. The van der Waals surface area contributed by atoms with Crippen LogP contribution in [0.25, 0.3) is 0 Å². The minimum absolute atomic E-state index is 0.121. The van der Waals surface area contributed by atoms with Crippen LogP contribution >= 0.6 is 11.3 Å². The predicted octanol–water partition coefficient (Wildman–Crippen LogP) is 3.11. The number of hydrogen-bond donors (Lipinski definition) is 1. The van der Waals surface area contributed by atoms with Gasteiger partial charge in [0.05, 0.1) is 10.7 Å². The molecule has 3 heterocycles. The van der Waals surface area contributed by atoms with Gasteiger partial charge in [0.25, 0.3) is 5.91 Å². The van der Waals surface area contributed by atoms with Crippen LogP contribution in [-0.2, 0) is 6.42 Å². The zero-order valence-corrected chi connectivity index (χ0v) is 15.7. The molecule has 138 valence electrons. The quantitative estimate of drug-likeness (QED) is 0.872. The zero-order valence-electron chi connectivity index (χ0n) is 14.9. The van der Waals surface area contributed by atoms with Crippen LogP contribution in [0.2, 0.25) is 0 Å². The van der Waals surface area contributed by atoms with Crippen LogP contribution < -0.4 is 14.8 Å². The number of fused-ring (bicyclic) bond motifs is 1. The molecule has 0 aliphatic carbocycles. The van der Waals surface area contributed by atoms with Crippen molar-refractivity contribution in [2.45, 2.75) is 26.2 Å². The summed E-state index contributed by atoms with van der Waals surface area (Å²) < 4.78 is 11.1. The number of aryl methyl sites for hydroxylation is 1. The molecule has 1 saturated heterocycles. The highest BCUT2D eigenvalue weighted by Gasteiger charge is 2.18. The molecule has 2 aliphatic heterocycles. The van der Waals surface area contributed by atoms with E-state index in [0.717, 1.165) is 23.7 Å². The largest absolute Gasteiger partial charge is 0.486 e. The highest BCUT2D eigenvalue weighted by atomic mass is 32.1. The molecule has 6 nitrogen and oxygen atoms in total. The average Bonchev–Trinajstić information content (AvgIpc) is 3.29. The average molecular weight is 373 g/mol. The van der Waals surface area contributed by atoms with E-state index in [1.54, 1.807) is 6.07 Å². The number of hydrogen-bond acceptors (Lipinski definition) is 6. The molecule has 26 heavy (non-hydrogen) atoms. The molecule has 0 atom stereocenters. The summed E-state index contributed by atoms with van der Waals surface area (Å²) in [5, 5.41) is 3.97. The first-order valence-electron chi connectivity index (χ1n) is 9.09. The van der Waals surface area contributed by atoms with Crippen LogP contribution in [-0.4, -0.2) is 48.6 Å². The number of carbonyl (C=O) groups is 1. The summed E-state index contributed by atoms with van der Waals surface area (Å²) in [4.78, 5) is 20.4. The fourth-order valence-electron chi connectivity index (χ4n) is 3.34. The summed E-state index contributed by atoms with van der Waals surface area (Å²) >= 11 is 1.49. The van der Waals surface area contributed by atoms with E-state index < -0.39 is 0 Å². The van der Waals surface area contributed by atoms with Gasteiger partial charge < -0.3 is 19.7 Å². The summed E-state index contributed by atoms with van der Waals surface area (Å²) in [6.45, 7) is 6.37. The van der Waals surface area contributed by atoms with E-state index in [-0.39, 0.29) is 5.91 Å². The normalized spacial score (nSPS) is 16.7. The second-order valence-electron chi connectivity index (χ2n) is 6.63. The number of rotatable bonds is 5. The second kappa shape index (κ2) is 7.63. The lowest BCUT2D eigenvalue weighted by molar-refractivity contribution is 0.102. The number of carbonyl (C=O) groups excluding carboxylic acids is 1. The highest BCUT2D eigenvalue weighted by molar-refractivity contribution is 7.13. The summed E-state index contributed by atoms with van der Waals surface area (Å²) in [5.41, 5.74) is 1.49. The number of ether oxygens (including phenoxy) is 2. The molecular formula is C19H23N3O3S. The highest BCUT2D eigenvalue weighted by Crippen LogP contribution is 2.33. The monoisotopic (exact) mass is 373 g/mol. The van der Waals surface area contributed by atoms with Gasteiger partial charge in [-0.3, -0.25) is 4.79 Å². The Morgan fingerprint density at radius 2 is 2.00 bits per heavy atom. The molecule has 1 aromatic carbocycles. The van der Waals surface area contributed by atoms with Gasteiger partial charge in [-0.05, 0) is 45.0 Å². The minimum atomic E-state index is -0.121. The van der Waals surface area contributed by atoms with E-state index in [9.17, 15) is 4.79 Å². The molecule has 0 spiro atoms. The first kappa shape index (κ1) is 17.3. The molecule has 0 bridgehead atoms. The van der Waals surface area contributed by atoms with Gasteiger partial charge in [-0.15, -0.1) is 11.3 Å². The number of amides is 1. The van der Waals surface area contributed by atoms with Crippen LogP contribution in [0.1, 0.15) is 33.2 Å². The zero-order chi connectivity index (χ0) is 17.9. The maximum absolute atomic E-state index is 12.7. The van der Waals surface area contributed by atoms with Crippen molar-refractivity contribution in [1.29, 1.82) is 0 Å². The smallest absolute Gasteiger partial charge is 0.267 e. The lowest BCUT2D eigenvalue weighted by Crippen LogP contribution is -2.21. The summed E-state index contributed by atoms with van der Waals surface area (Å²) in [7, 11) is 0. The van der Waals surface area contributed by atoms with Gasteiger partial charge in [-0.1, -0.05) is 0 Å². The first-order valence-corrected chi connectivity index (χ1v) is 9.90. The number of nitrogens with zero attached hydrogens (tertiary/aromatic N) is 2. The first-order chi connectivity index (χ1) is 12.7. The fraction of sp³-hybridized carbons (Fsp3) is 0.474. The van der Waals surface area contributed by atoms with Crippen LogP contribution in [0.3, 0.4) is 0 Å². The third kappa shape index (κ3) is 3.83. The van der Waals surface area contributed by atoms with Crippen LogP contribution in [0, 0.1) is 6.92 Å². The number of nitrogens with one attached hydrogen (secondary N) is 1. The van der Waals surface area contributed by atoms with Crippen LogP contribution in [0.15, 0.2) is 18.2 Å². The molecule has 2 aliphatic rings. The maximum Gasteiger partial charge on any atom is 0.267 e. The molecule has 4 rings (SSSR count). The van der Waals surface area contributed by atoms with Crippen molar-refractivity contribution in [3.05, 3.63) is 33.8 Å². The Bertz CT molecular complexity index is 799. The van der Waals surface area contributed by atoms with Gasteiger partial charge >= 0.3 is 0 Å². The van der Waals surface area contributed by atoms with E-state index in [1.165, 1.54) is 37.3 Å². The van der Waals surface area contributed by atoms with E-state index in [4.69, 9.17) is 9.47 Å². The van der Waals surface area contributed by atoms with Gasteiger partial charge in [-0.2, -0.15) is 0 Å². The Morgan fingerprint density at radius 1 is 1.23 bits per heavy atom. The van der Waals surface area contributed by atoms with E-state index in [2.05, 4.69) is 15.2 Å². The van der Waals surface area contributed by atoms with Gasteiger partial charge in [0.15, 0.2) is 11.5 Å². The topological polar surface area (TPSA) is 63.7 Å². The number of anilines is 1. The van der Waals surface area contributed by atoms with Gasteiger partial charge in [0.2, 0.25) is 0 Å². The fourth-order valence-corrected chi connectivity index (χ4v) is 4.29. The second-order valence-corrected chi connectivity index (χ2v) is 7.72. The van der Waals surface area contributed by atoms with Crippen molar-refractivity contribution in [3.8, 4) is 11.5 Å². The Balaban J connectivity index is 1.41. The molecule has 2 aromatic rings. The van der Waals surface area contributed by atoms with E-state index in [1.807, 2.05) is 19.1 Å². The van der Waals surface area contributed by atoms with E-state index >= 15 is 0 Å². The lowest BCUT2D eigenvalue weighted by Gasteiger charge is -2.18. The SMILES string of the molecule is Cc1nc(CCN2CCCC2)sc1C(=O)Nc1ccc2c(c1)OCCO2. The Morgan fingerprint density at radius 3 is 2.81 bits per heavy atom. The van der Waals surface area contributed by atoms with Gasteiger partial charge in [-0.25, -0.2) is 4.98 Å². The molecule has 1 aromatic heterocycles. The van der Waals surface area contributed by atoms with Gasteiger partial charge in [0, 0.05) is 24.7 Å². The lowest BCUT2D eigenvalue weighted by atomic mass is 10.2. The number of aromatic nitrogens is 1. The molecule has 7 heteroatoms. The summed E-state index contributed by atoms with van der Waals surface area (Å²) in [6, 6.07) is 5.46. The predicted molar refractivity (Wildman–Crippen MR) is 102 cm³/mol. The van der Waals surface area contributed by atoms with Crippen molar-refractivity contribution in [3.63, 3.8) is 0 Å². The van der Waals surface area contributed by atoms with Crippen LogP contribution in [0.4, 0.5) is 5.69 Å². The van der Waals surface area contributed by atoms with Crippen molar-refractivity contribution in [2.24, 2.45) is 0 Å². The maximum atomic E-state index is 12.7. The van der Waals surface area contributed by atoms with Crippen molar-refractivity contribution in [1.82, 2.24) is 9.88 Å². The van der Waals surface area contributed by atoms with Crippen molar-refractivity contribution >= 4 is 22.9 Å². The third-order valence-electron chi connectivity index (χ3n) is 4.69. The third-order valence-corrected chi connectivity index (χ3v) is 5.90. The Kier molecular flexibility index (Phi) is 5.08. The summed E-state index contributed by atoms with van der Waals surface area (Å²) in [6.07, 6.45) is 3.49. The summed E-state index contributed by atoms with van der Waals surface area (Å²) in [5.74, 6) is 1.26. The van der Waals surface area contributed by atoms with Crippen molar-refractivity contribution < 1.29 is 14.3 Å². The number of benzene rings is 1. The van der Waals surface area contributed by atoms with Gasteiger partial charge in [0.1, 0.15) is 18.1 Å². The molecule has 1 N–H and O–H groups in total. The molecule has 1 fully saturated rings. The molecule has 0 unspecified atom stereocenters.